The molecular formula is C46H29N3O. The Kier molecular flexibility index (Phi) is 6.36. The summed E-state index contributed by atoms with van der Waals surface area (Å²) < 4.78 is 6.62. The molecule has 0 radical (unpaired) electrons. The molecule has 50 heavy (non-hydrogen) atoms. The molecular weight excluding hydrogens is 611 g/mol. The molecule has 4 heteroatoms. The van der Waals surface area contributed by atoms with E-state index in [2.05, 4.69) is 133 Å². The van der Waals surface area contributed by atoms with Gasteiger partial charge in [0, 0.05) is 39.6 Å². The summed E-state index contributed by atoms with van der Waals surface area (Å²) in [5.74, 6) is 2.42. The summed E-state index contributed by atoms with van der Waals surface area (Å²) in [6.07, 6.45) is 1.85. The van der Waals surface area contributed by atoms with Gasteiger partial charge >= 0.3 is 0 Å². The Labute approximate surface area is 290 Å². The fourth-order valence-electron chi connectivity index (χ4n) is 7.82. The molecule has 6 aromatic carbocycles. The van der Waals surface area contributed by atoms with Gasteiger partial charge in [-0.25, -0.2) is 9.97 Å². The second-order valence-corrected chi connectivity index (χ2v) is 12.8. The van der Waals surface area contributed by atoms with E-state index in [0.717, 1.165) is 62.0 Å². The Bertz CT molecular complexity index is 2460. The summed E-state index contributed by atoms with van der Waals surface area (Å²) in [4.78, 5) is 15.0. The summed E-state index contributed by atoms with van der Waals surface area (Å²) in [6, 6.07) is 59.3. The normalized spacial score (nSPS) is 13.1. The van der Waals surface area contributed by atoms with Gasteiger partial charge in [0.2, 0.25) is 0 Å². The lowest BCUT2D eigenvalue weighted by Gasteiger charge is -2.39. The van der Waals surface area contributed by atoms with Crippen molar-refractivity contribution < 1.29 is 4.74 Å². The third kappa shape index (κ3) is 4.28. The van der Waals surface area contributed by atoms with Gasteiger partial charge in [-0.3, -0.25) is 4.98 Å². The standard InChI is InChI=1S/C46H29N3O/c1-3-13-30(14-4-1)41-29-42(49-45(48-41)31-15-5-2-6-16-31)33-23-25-35-34-24-22-32(40-19-11-12-26-47-40)27-38(34)46(39(35)28-33)36-17-7-9-20-43(36)50-44-21-10-8-18-37(44)46/h1-29H. The van der Waals surface area contributed by atoms with Gasteiger partial charge in [0.15, 0.2) is 5.82 Å². The smallest absolute Gasteiger partial charge is 0.160 e. The maximum absolute atomic E-state index is 6.62. The fourth-order valence-corrected chi connectivity index (χ4v) is 7.82. The van der Waals surface area contributed by atoms with E-state index in [1.54, 1.807) is 0 Å². The van der Waals surface area contributed by atoms with Gasteiger partial charge in [0.1, 0.15) is 11.5 Å². The Morgan fingerprint density at radius 2 is 0.900 bits per heavy atom. The van der Waals surface area contributed by atoms with Crippen LogP contribution in [-0.4, -0.2) is 15.0 Å². The van der Waals surface area contributed by atoms with Gasteiger partial charge in [-0.2, -0.15) is 0 Å². The van der Waals surface area contributed by atoms with Crippen LogP contribution in [0.15, 0.2) is 176 Å². The van der Waals surface area contributed by atoms with E-state index in [4.69, 9.17) is 19.7 Å². The van der Waals surface area contributed by atoms with E-state index < -0.39 is 5.41 Å². The lowest BCUT2D eigenvalue weighted by Crippen LogP contribution is -2.32. The van der Waals surface area contributed by atoms with Crippen LogP contribution in [0, 0.1) is 0 Å². The summed E-state index contributed by atoms with van der Waals surface area (Å²) in [5.41, 5.74) is 13.3. The van der Waals surface area contributed by atoms with Crippen molar-refractivity contribution in [2.75, 3.05) is 0 Å². The van der Waals surface area contributed by atoms with Gasteiger partial charge in [-0.15, -0.1) is 0 Å². The Balaban J connectivity index is 1.26. The Morgan fingerprint density at radius 1 is 0.380 bits per heavy atom. The quantitative estimate of drug-likeness (QED) is 0.192. The zero-order valence-corrected chi connectivity index (χ0v) is 27.0. The van der Waals surface area contributed by atoms with Crippen LogP contribution >= 0.6 is 0 Å². The molecule has 1 aliphatic carbocycles. The number of hydrogen-bond donors (Lipinski definition) is 0. The lowest BCUT2D eigenvalue weighted by molar-refractivity contribution is 0.436. The molecule has 4 nitrogen and oxygen atoms in total. The molecule has 3 heterocycles. The van der Waals surface area contributed by atoms with Crippen molar-refractivity contribution in [3.8, 4) is 67.8 Å². The first-order valence-corrected chi connectivity index (χ1v) is 16.9. The number of ether oxygens (including phenoxy) is 1. The van der Waals surface area contributed by atoms with Crippen LogP contribution in [0.2, 0.25) is 0 Å². The van der Waals surface area contributed by atoms with Crippen LogP contribution in [0.25, 0.3) is 56.3 Å². The van der Waals surface area contributed by atoms with Gasteiger partial charge in [-0.1, -0.05) is 127 Å². The SMILES string of the molecule is c1ccc(-c2cc(-c3ccc4c(c3)C3(c5ccccc5Oc5ccccc53)c3cc(-c5ccccn5)ccc3-4)nc(-c3ccccc3)n2)cc1. The zero-order valence-electron chi connectivity index (χ0n) is 27.0. The number of pyridine rings is 1. The number of nitrogens with zero attached hydrogens (tertiary/aromatic N) is 3. The number of para-hydroxylation sites is 2. The maximum atomic E-state index is 6.62. The molecule has 234 valence electrons. The summed E-state index contributed by atoms with van der Waals surface area (Å²) in [7, 11) is 0. The van der Waals surface area contributed by atoms with Crippen LogP contribution < -0.4 is 4.74 Å². The third-order valence-electron chi connectivity index (χ3n) is 10.0. The highest BCUT2D eigenvalue weighted by molar-refractivity contribution is 5.91. The first-order chi connectivity index (χ1) is 24.8. The summed E-state index contributed by atoms with van der Waals surface area (Å²) in [5, 5.41) is 0. The van der Waals surface area contributed by atoms with Crippen molar-refractivity contribution in [2.24, 2.45) is 0 Å². The summed E-state index contributed by atoms with van der Waals surface area (Å²) >= 11 is 0. The van der Waals surface area contributed by atoms with Crippen molar-refractivity contribution in [1.82, 2.24) is 15.0 Å². The molecule has 0 atom stereocenters. The van der Waals surface area contributed by atoms with E-state index in [1.165, 1.54) is 22.3 Å². The minimum atomic E-state index is -0.631. The van der Waals surface area contributed by atoms with Crippen molar-refractivity contribution >= 4 is 0 Å². The first kappa shape index (κ1) is 28.4. The molecule has 10 rings (SSSR count). The fraction of sp³-hybridized carbons (Fsp3) is 0.0217. The first-order valence-electron chi connectivity index (χ1n) is 16.9. The molecule has 0 bridgehead atoms. The maximum Gasteiger partial charge on any atom is 0.160 e. The zero-order chi connectivity index (χ0) is 33.1. The van der Waals surface area contributed by atoms with Crippen molar-refractivity contribution in [1.29, 1.82) is 0 Å². The van der Waals surface area contributed by atoms with Crippen LogP contribution in [0.5, 0.6) is 11.5 Å². The van der Waals surface area contributed by atoms with Crippen LogP contribution in [0.3, 0.4) is 0 Å². The Hall–Kier alpha value is -6.65. The van der Waals surface area contributed by atoms with E-state index in [9.17, 15) is 0 Å². The van der Waals surface area contributed by atoms with E-state index in [1.807, 2.05) is 42.6 Å². The van der Waals surface area contributed by atoms with Crippen LogP contribution in [0.4, 0.5) is 0 Å². The second-order valence-electron chi connectivity index (χ2n) is 12.8. The minimum absolute atomic E-state index is 0.631. The van der Waals surface area contributed by atoms with Crippen LogP contribution in [0.1, 0.15) is 22.3 Å². The van der Waals surface area contributed by atoms with Gasteiger partial charge in [0.05, 0.1) is 22.5 Å². The molecule has 1 spiro atoms. The average molecular weight is 640 g/mol. The molecule has 0 fully saturated rings. The number of rotatable bonds is 4. The van der Waals surface area contributed by atoms with Crippen LogP contribution in [-0.2, 0) is 5.41 Å². The highest BCUT2D eigenvalue weighted by atomic mass is 16.5. The third-order valence-corrected chi connectivity index (χ3v) is 10.0. The highest BCUT2D eigenvalue weighted by Crippen LogP contribution is 2.62. The lowest BCUT2D eigenvalue weighted by atomic mass is 9.65. The highest BCUT2D eigenvalue weighted by Gasteiger charge is 2.51. The number of benzene rings is 6. The molecule has 8 aromatic rings. The number of fused-ring (bicyclic) bond motifs is 9. The van der Waals surface area contributed by atoms with Crippen molar-refractivity contribution in [3.63, 3.8) is 0 Å². The van der Waals surface area contributed by atoms with E-state index in [0.29, 0.717) is 5.82 Å². The monoisotopic (exact) mass is 639 g/mol. The molecule has 0 saturated heterocycles. The number of hydrogen-bond acceptors (Lipinski definition) is 4. The van der Waals surface area contributed by atoms with Crippen molar-refractivity contribution in [2.45, 2.75) is 5.41 Å². The number of aromatic nitrogens is 3. The van der Waals surface area contributed by atoms with Crippen molar-refractivity contribution in [3.05, 3.63) is 198 Å². The minimum Gasteiger partial charge on any atom is -0.457 e. The molecule has 2 aliphatic rings. The van der Waals surface area contributed by atoms with Gasteiger partial charge < -0.3 is 4.74 Å². The predicted molar refractivity (Wildman–Crippen MR) is 199 cm³/mol. The summed E-state index contributed by atoms with van der Waals surface area (Å²) in [6.45, 7) is 0. The average Bonchev–Trinajstić information content (AvgIpc) is 3.48. The van der Waals surface area contributed by atoms with Gasteiger partial charge in [0.25, 0.3) is 0 Å². The molecule has 0 unspecified atom stereocenters. The molecule has 0 amide bonds. The molecule has 0 N–H and O–H groups in total. The van der Waals surface area contributed by atoms with E-state index >= 15 is 0 Å². The Morgan fingerprint density at radius 3 is 1.50 bits per heavy atom. The molecule has 1 aliphatic heterocycles. The van der Waals surface area contributed by atoms with E-state index in [-0.39, 0.29) is 0 Å². The molecule has 2 aromatic heterocycles. The molecule has 0 saturated carbocycles. The largest absolute Gasteiger partial charge is 0.457 e. The second kappa shape index (κ2) is 11.2. The topological polar surface area (TPSA) is 47.9 Å². The van der Waals surface area contributed by atoms with Gasteiger partial charge in [-0.05, 0) is 64.7 Å². The predicted octanol–water partition coefficient (Wildman–Crippen LogP) is 11.0.